The smallest absolute Gasteiger partial charge is 0.235 e. The van der Waals surface area contributed by atoms with E-state index in [1.165, 1.54) is 18.1 Å². The third kappa shape index (κ3) is 4.01. The number of ether oxygens (including phenoxy) is 1. The van der Waals surface area contributed by atoms with Gasteiger partial charge in [-0.1, -0.05) is 11.8 Å². The van der Waals surface area contributed by atoms with E-state index in [1.807, 2.05) is 29.9 Å². The quantitative estimate of drug-likeness (QED) is 0.474. The number of carbonyl (C=O) groups excluding carboxylic acids is 1. The van der Waals surface area contributed by atoms with Gasteiger partial charge in [-0.3, -0.25) is 4.79 Å². The second-order valence-electron chi connectivity index (χ2n) is 6.95. The van der Waals surface area contributed by atoms with Gasteiger partial charge in [0.2, 0.25) is 5.91 Å². The van der Waals surface area contributed by atoms with Crippen LogP contribution in [0.1, 0.15) is 29.7 Å². The van der Waals surface area contributed by atoms with Crippen molar-refractivity contribution in [1.29, 1.82) is 5.26 Å². The largest absolute Gasteiger partial charge is 0.376 e. The molecule has 0 radical (unpaired) electrons. The molecule has 9 heteroatoms. The van der Waals surface area contributed by atoms with Crippen molar-refractivity contribution in [3.8, 4) is 6.07 Å². The highest BCUT2D eigenvalue weighted by Gasteiger charge is 2.24. The fourth-order valence-corrected chi connectivity index (χ4v) is 5.11. The Morgan fingerprint density at radius 2 is 2.34 bits per heavy atom. The molecule has 0 spiro atoms. The lowest BCUT2D eigenvalue weighted by Gasteiger charge is -2.16. The number of rotatable bonds is 6. The monoisotopic (exact) mass is 427 g/mol. The summed E-state index contributed by atoms with van der Waals surface area (Å²) in [6.45, 7) is 5.30. The zero-order chi connectivity index (χ0) is 20.4. The summed E-state index contributed by atoms with van der Waals surface area (Å²) in [6, 6.07) is 4.21. The number of thioether (sulfide) groups is 1. The topological polar surface area (TPSA) is 92.8 Å². The number of nitriles is 1. The molecule has 1 atom stereocenters. The van der Waals surface area contributed by atoms with Crippen LogP contribution in [0.3, 0.4) is 0 Å². The van der Waals surface area contributed by atoms with Crippen LogP contribution in [-0.4, -0.2) is 38.9 Å². The van der Waals surface area contributed by atoms with E-state index < -0.39 is 0 Å². The van der Waals surface area contributed by atoms with E-state index in [4.69, 9.17) is 4.74 Å². The Labute approximate surface area is 177 Å². The minimum Gasteiger partial charge on any atom is -0.376 e. The van der Waals surface area contributed by atoms with Crippen LogP contribution < -0.4 is 5.32 Å². The van der Waals surface area contributed by atoms with E-state index in [0.717, 1.165) is 45.9 Å². The number of fused-ring (bicyclic) bond motifs is 1. The zero-order valence-electron chi connectivity index (χ0n) is 16.3. The van der Waals surface area contributed by atoms with Gasteiger partial charge >= 0.3 is 0 Å². The Bertz CT molecular complexity index is 1090. The van der Waals surface area contributed by atoms with Crippen LogP contribution in [0.2, 0.25) is 0 Å². The van der Waals surface area contributed by atoms with Gasteiger partial charge in [0, 0.05) is 17.7 Å². The molecule has 0 aromatic carbocycles. The lowest BCUT2D eigenvalue weighted by atomic mass is 10.2. The minimum atomic E-state index is -0.167. The van der Waals surface area contributed by atoms with Gasteiger partial charge in [-0.25, -0.2) is 9.97 Å². The van der Waals surface area contributed by atoms with Gasteiger partial charge in [-0.2, -0.15) is 5.26 Å². The third-order valence-electron chi connectivity index (χ3n) is 5.17. The Morgan fingerprint density at radius 3 is 3.10 bits per heavy atom. The number of amides is 1. The lowest BCUT2D eigenvalue weighted by Crippen LogP contribution is -2.22. The summed E-state index contributed by atoms with van der Waals surface area (Å²) < 4.78 is 7.77. The first-order valence-electron chi connectivity index (χ1n) is 9.40. The van der Waals surface area contributed by atoms with Crippen LogP contribution in [0.25, 0.3) is 10.2 Å². The van der Waals surface area contributed by atoms with Crippen LogP contribution in [0, 0.1) is 25.2 Å². The summed E-state index contributed by atoms with van der Waals surface area (Å²) in [5, 5.41) is 16.3. The van der Waals surface area contributed by atoms with E-state index in [-0.39, 0.29) is 17.8 Å². The number of hydrogen-bond donors (Lipinski definition) is 1. The molecule has 1 aliphatic heterocycles. The molecule has 1 N–H and O–H groups in total. The van der Waals surface area contributed by atoms with Crippen molar-refractivity contribution in [3.63, 3.8) is 0 Å². The summed E-state index contributed by atoms with van der Waals surface area (Å²) >= 11 is 2.92. The highest BCUT2D eigenvalue weighted by Crippen LogP contribution is 2.30. The molecule has 150 valence electrons. The predicted octanol–water partition coefficient (Wildman–Crippen LogP) is 3.89. The van der Waals surface area contributed by atoms with Crippen LogP contribution in [0.5, 0.6) is 0 Å². The van der Waals surface area contributed by atoms with Gasteiger partial charge in [-0.05, 0) is 43.7 Å². The summed E-state index contributed by atoms with van der Waals surface area (Å²) in [7, 11) is 0. The van der Waals surface area contributed by atoms with E-state index in [2.05, 4.69) is 21.4 Å². The maximum Gasteiger partial charge on any atom is 0.235 e. The molecule has 0 bridgehead atoms. The second-order valence-corrected chi connectivity index (χ2v) is 8.81. The highest BCUT2D eigenvalue weighted by molar-refractivity contribution is 8.00. The van der Waals surface area contributed by atoms with E-state index in [9.17, 15) is 10.1 Å². The maximum atomic E-state index is 12.7. The standard InChI is InChI=1S/C20H21N5O2S2/c1-12-13(2)25(9-14-4-3-6-27-14)18(16(12)8-21)24-17(26)10-29-20-15-5-7-28-19(15)22-11-23-20/h5,7,11,14H,3-4,6,9-10H2,1-2H3,(H,24,26)/t14-/m1/s1. The molecule has 1 aliphatic rings. The molecular formula is C20H21N5O2S2. The first-order valence-corrected chi connectivity index (χ1v) is 11.3. The van der Waals surface area contributed by atoms with Crippen molar-refractivity contribution < 1.29 is 9.53 Å². The van der Waals surface area contributed by atoms with Gasteiger partial charge in [-0.15, -0.1) is 11.3 Å². The molecule has 4 rings (SSSR count). The van der Waals surface area contributed by atoms with Crippen molar-refractivity contribution >= 4 is 45.0 Å². The first-order chi connectivity index (χ1) is 14.1. The average Bonchev–Trinajstić information content (AvgIpc) is 3.44. The van der Waals surface area contributed by atoms with Crippen molar-refractivity contribution in [3.05, 3.63) is 34.6 Å². The molecule has 0 aliphatic carbocycles. The number of carbonyl (C=O) groups is 1. The molecule has 3 aromatic rings. The van der Waals surface area contributed by atoms with E-state index in [1.54, 1.807) is 11.3 Å². The lowest BCUT2D eigenvalue weighted by molar-refractivity contribution is -0.113. The van der Waals surface area contributed by atoms with Crippen molar-refractivity contribution in [2.75, 3.05) is 17.7 Å². The number of nitrogens with one attached hydrogen (secondary N) is 1. The van der Waals surface area contributed by atoms with E-state index >= 15 is 0 Å². The average molecular weight is 428 g/mol. The first kappa shape index (κ1) is 19.9. The minimum absolute atomic E-state index is 0.116. The number of nitrogens with zero attached hydrogens (tertiary/aromatic N) is 4. The summed E-state index contributed by atoms with van der Waals surface area (Å²) in [5.41, 5.74) is 2.39. The maximum absolute atomic E-state index is 12.7. The molecular weight excluding hydrogens is 406 g/mol. The number of hydrogen-bond acceptors (Lipinski definition) is 7. The van der Waals surface area contributed by atoms with Crippen LogP contribution in [-0.2, 0) is 16.1 Å². The van der Waals surface area contributed by atoms with Crippen molar-refractivity contribution in [2.24, 2.45) is 0 Å². The molecule has 4 heterocycles. The van der Waals surface area contributed by atoms with E-state index in [0.29, 0.717) is 17.9 Å². The molecule has 29 heavy (non-hydrogen) atoms. The van der Waals surface area contributed by atoms with Crippen LogP contribution in [0.15, 0.2) is 22.8 Å². The summed E-state index contributed by atoms with van der Waals surface area (Å²) in [6.07, 6.45) is 3.67. The van der Waals surface area contributed by atoms with Gasteiger partial charge in [0.25, 0.3) is 0 Å². The third-order valence-corrected chi connectivity index (χ3v) is 7.00. The van der Waals surface area contributed by atoms with Crippen LogP contribution in [0.4, 0.5) is 5.82 Å². The predicted molar refractivity (Wildman–Crippen MR) is 114 cm³/mol. The number of aromatic nitrogens is 3. The molecule has 0 unspecified atom stereocenters. The molecule has 0 saturated carbocycles. The van der Waals surface area contributed by atoms with Gasteiger partial charge in [0.1, 0.15) is 28.1 Å². The molecule has 1 fully saturated rings. The number of anilines is 1. The summed E-state index contributed by atoms with van der Waals surface area (Å²) in [4.78, 5) is 22.2. The Kier molecular flexibility index (Phi) is 5.85. The Morgan fingerprint density at radius 1 is 1.48 bits per heavy atom. The van der Waals surface area contributed by atoms with Crippen LogP contribution >= 0.6 is 23.1 Å². The second kappa shape index (κ2) is 8.53. The summed E-state index contributed by atoms with van der Waals surface area (Å²) in [5.74, 6) is 0.599. The van der Waals surface area contributed by atoms with Gasteiger partial charge in [0.15, 0.2) is 0 Å². The Balaban J connectivity index is 1.51. The zero-order valence-corrected chi connectivity index (χ0v) is 17.9. The molecule has 3 aromatic heterocycles. The molecule has 1 saturated heterocycles. The molecule has 7 nitrogen and oxygen atoms in total. The molecule has 1 amide bonds. The number of thiophene rings is 1. The van der Waals surface area contributed by atoms with Crippen molar-refractivity contribution in [2.45, 2.75) is 44.4 Å². The fraction of sp³-hybridized carbons (Fsp3) is 0.400. The van der Waals surface area contributed by atoms with Crippen molar-refractivity contribution in [1.82, 2.24) is 14.5 Å². The highest BCUT2D eigenvalue weighted by atomic mass is 32.2. The fourth-order valence-electron chi connectivity index (χ4n) is 3.53. The van der Waals surface area contributed by atoms with Gasteiger partial charge in [0.05, 0.1) is 24.0 Å². The Hall–Kier alpha value is -2.41. The normalized spacial score (nSPS) is 16.2. The van der Waals surface area contributed by atoms with Gasteiger partial charge < -0.3 is 14.6 Å². The SMILES string of the molecule is Cc1c(C#N)c(NC(=O)CSc2ncnc3sccc23)n(C[C@H]2CCCO2)c1C.